The van der Waals surface area contributed by atoms with E-state index in [2.05, 4.69) is 18.2 Å². The first kappa shape index (κ1) is 7.83. The van der Waals surface area contributed by atoms with Crippen molar-refractivity contribution in [3.63, 3.8) is 0 Å². The van der Waals surface area contributed by atoms with E-state index in [9.17, 15) is 5.21 Å². The monoisotopic (exact) mass is 185 g/mol. The van der Waals surface area contributed by atoms with E-state index < -0.39 is 0 Å². The molecular formula is C12H11NO. The molecule has 2 nitrogen and oxygen atoms in total. The molecule has 1 aromatic carbocycles. The van der Waals surface area contributed by atoms with Gasteiger partial charge in [0.2, 0.25) is 0 Å². The van der Waals surface area contributed by atoms with E-state index in [1.54, 1.807) is 6.20 Å². The SMILES string of the molecule is ON1C=c2cccc3c2=C(C=CC3)C1. The van der Waals surface area contributed by atoms with E-state index in [0.717, 1.165) is 11.6 Å². The fraction of sp³-hybridized carbons (Fsp3) is 0.167. The summed E-state index contributed by atoms with van der Waals surface area (Å²) in [5, 5.41) is 13.2. The van der Waals surface area contributed by atoms with Crippen molar-refractivity contribution in [2.45, 2.75) is 6.42 Å². The molecule has 2 heteroatoms. The van der Waals surface area contributed by atoms with Crippen LogP contribution >= 0.6 is 0 Å². The van der Waals surface area contributed by atoms with Crippen LogP contribution in [-0.4, -0.2) is 16.8 Å². The van der Waals surface area contributed by atoms with Gasteiger partial charge in [-0.1, -0.05) is 30.4 Å². The Kier molecular flexibility index (Phi) is 1.52. The van der Waals surface area contributed by atoms with Crippen LogP contribution in [0.5, 0.6) is 0 Å². The van der Waals surface area contributed by atoms with Crippen molar-refractivity contribution in [2.24, 2.45) is 0 Å². The second kappa shape index (κ2) is 2.72. The zero-order chi connectivity index (χ0) is 9.54. The standard InChI is InChI=1S/C12H11NO/c14-13-7-10-5-1-3-9-4-2-6-11(8-13)12(9)10/h1-3,5-7,14H,4,8H2. The minimum atomic E-state index is 0.598. The van der Waals surface area contributed by atoms with Crippen LogP contribution in [0.3, 0.4) is 0 Å². The van der Waals surface area contributed by atoms with Gasteiger partial charge in [0.1, 0.15) is 0 Å². The van der Waals surface area contributed by atoms with Crippen LogP contribution in [0, 0.1) is 0 Å². The lowest BCUT2D eigenvalue weighted by Gasteiger charge is -2.20. The van der Waals surface area contributed by atoms with Crippen molar-refractivity contribution in [3.05, 3.63) is 46.4 Å². The molecule has 1 aromatic rings. The zero-order valence-electron chi connectivity index (χ0n) is 7.77. The molecule has 0 fully saturated rings. The second-order valence-electron chi connectivity index (χ2n) is 3.74. The fourth-order valence-corrected chi connectivity index (χ4v) is 2.21. The highest BCUT2D eigenvalue weighted by Gasteiger charge is 2.11. The van der Waals surface area contributed by atoms with E-state index in [0.29, 0.717) is 6.54 Å². The van der Waals surface area contributed by atoms with Crippen LogP contribution in [0.4, 0.5) is 0 Å². The van der Waals surface area contributed by atoms with Gasteiger partial charge < -0.3 is 0 Å². The Morgan fingerprint density at radius 2 is 2.21 bits per heavy atom. The van der Waals surface area contributed by atoms with Crippen molar-refractivity contribution in [2.75, 3.05) is 6.54 Å². The molecule has 0 radical (unpaired) electrons. The van der Waals surface area contributed by atoms with Crippen molar-refractivity contribution < 1.29 is 5.21 Å². The van der Waals surface area contributed by atoms with E-state index in [4.69, 9.17) is 0 Å². The summed E-state index contributed by atoms with van der Waals surface area (Å²) in [6.07, 6.45) is 7.07. The molecule has 1 aliphatic heterocycles. The second-order valence-corrected chi connectivity index (χ2v) is 3.74. The highest BCUT2D eigenvalue weighted by atomic mass is 16.5. The predicted molar refractivity (Wildman–Crippen MR) is 54.9 cm³/mol. The fourth-order valence-electron chi connectivity index (χ4n) is 2.21. The summed E-state index contributed by atoms with van der Waals surface area (Å²) in [5.41, 5.74) is 2.58. The van der Waals surface area contributed by atoms with Gasteiger partial charge in [-0.25, -0.2) is 0 Å². The highest BCUT2D eigenvalue weighted by Crippen LogP contribution is 2.09. The first-order valence-electron chi connectivity index (χ1n) is 4.79. The molecule has 3 rings (SSSR count). The summed E-state index contributed by atoms with van der Waals surface area (Å²) in [7, 11) is 0. The highest BCUT2D eigenvalue weighted by molar-refractivity contribution is 5.64. The smallest absolute Gasteiger partial charge is 0.0703 e. The molecule has 1 heterocycles. The third-order valence-corrected chi connectivity index (χ3v) is 2.78. The number of hydroxylamine groups is 2. The summed E-state index contributed by atoms with van der Waals surface area (Å²) in [6, 6.07) is 6.24. The van der Waals surface area contributed by atoms with Gasteiger partial charge in [0, 0.05) is 11.4 Å². The molecule has 1 N–H and O–H groups in total. The molecule has 0 bridgehead atoms. The molecule has 1 aliphatic carbocycles. The van der Waals surface area contributed by atoms with Gasteiger partial charge in [-0.15, -0.1) is 0 Å². The van der Waals surface area contributed by atoms with Crippen LogP contribution in [-0.2, 0) is 6.42 Å². The van der Waals surface area contributed by atoms with Gasteiger partial charge >= 0.3 is 0 Å². The van der Waals surface area contributed by atoms with Crippen LogP contribution < -0.4 is 10.4 Å². The quantitative estimate of drug-likeness (QED) is 0.632. The molecule has 0 saturated carbocycles. The zero-order valence-corrected chi connectivity index (χ0v) is 7.77. The third-order valence-electron chi connectivity index (χ3n) is 2.78. The third kappa shape index (κ3) is 1.01. The Morgan fingerprint density at radius 1 is 1.29 bits per heavy atom. The minimum Gasteiger partial charge on any atom is -0.289 e. The molecule has 0 amide bonds. The molecule has 0 spiro atoms. The number of hydrogen-bond donors (Lipinski definition) is 1. The van der Waals surface area contributed by atoms with Gasteiger partial charge in [-0.2, -0.15) is 0 Å². The molecular weight excluding hydrogens is 174 g/mol. The first-order valence-corrected chi connectivity index (χ1v) is 4.79. The summed E-state index contributed by atoms with van der Waals surface area (Å²) in [5.74, 6) is 0. The lowest BCUT2D eigenvalue weighted by molar-refractivity contribution is -0.00746. The lowest BCUT2D eigenvalue weighted by atomic mass is 9.96. The number of rotatable bonds is 0. The van der Waals surface area contributed by atoms with Gasteiger partial charge in [-0.05, 0) is 22.8 Å². The molecule has 70 valence electrons. The van der Waals surface area contributed by atoms with Gasteiger partial charge in [0.25, 0.3) is 0 Å². The minimum absolute atomic E-state index is 0.598. The Hall–Kier alpha value is -1.54. The average molecular weight is 185 g/mol. The van der Waals surface area contributed by atoms with Crippen molar-refractivity contribution in [1.29, 1.82) is 0 Å². The Morgan fingerprint density at radius 3 is 3.14 bits per heavy atom. The number of hydrogen-bond acceptors (Lipinski definition) is 2. The van der Waals surface area contributed by atoms with Crippen molar-refractivity contribution in [1.82, 2.24) is 5.06 Å². The molecule has 2 aliphatic rings. The molecule has 0 atom stereocenters. The maximum absolute atomic E-state index is 9.50. The van der Waals surface area contributed by atoms with E-state index in [1.807, 2.05) is 12.1 Å². The maximum Gasteiger partial charge on any atom is 0.0703 e. The lowest BCUT2D eigenvalue weighted by Crippen LogP contribution is -2.40. The summed E-state index contributed by atoms with van der Waals surface area (Å²) >= 11 is 0. The van der Waals surface area contributed by atoms with Crippen molar-refractivity contribution >= 4 is 11.8 Å². The first-order chi connectivity index (χ1) is 6.84. The van der Waals surface area contributed by atoms with Crippen LogP contribution in [0.2, 0.25) is 0 Å². The van der Waals surface area contributed by atoms with Gasteiger partial charge in [0.05, 0.1) is 6.54 Å². The topological polar surface area (TPSA) is 23.5 Å². The van der Waals surface area contributed by atoms with Gasteiger partial charge in [0.15, 0.2) is 0 Å². The van der Waals surface area contributed by atoms with Gasteiger partial charge in [-0.3, -0.25) is 10.3 Å². The van der Waals surface area contributed by atoms with E-state index >= 15 is 0 Å². The summed E-state index contributed by atoms with van der Waals surface area (Å²) in [6.45, 7) is 0.598. The Labute approximate surface area is 82.0 Å². The molecule has 0 aromatic heterocycles. The number of benzene rings is 1. The Balaban J connectivity index is 2.48. The largest absolute Gasteiger partial charge is 0.289 e. The van der Waals surface area contributed by atoms with Crippen molar-refractivity contribution in [3.8, 4) is 0 Å². The van der Waals surface area contributed by atoms with Crippen LogP contribution in [0.15, 0.2) is 30.4 Å². The normalized spacial score (nSPS) is 17.8. The maximum atomic E-state index is 9.50. The number of nitrogens with zero attached hydrogens (tertiary/aromatic N) is 1. The molecule has 0 unspecified atom stereocenters. The van der Waals surface area contributed by atoms with E-state index in [1.165, 1.54) is 21.4 Å². The van der Waals surface area contributed by atoms with E-state index in [-0.39, 0.29) is 0 Å². The van der Waals surface area contributed by atoms with Crippen LogP contribution in [0.25, 0.3) is 11.8 Å². The Bertz CT molecular complexity index is 528. The number of allylic oxidation sites excluding steroid dienone is 1. The predicted octanol–water partition coefficient (Wildman–Crippen LogP) is 0.392. The average Bonchev–Trinajstić information content (AvgIpc) is 2.18. The van der Waals surface area contributed by atoms with Crippen LogP contribution in [0.1, 0.15) is 5.56 Å². The summed E-state index contributed by atoms with van der Waals surface area (Å²) in [4.78, 5) is 0. The summed E-state index contributed by atoms with van der Waals surface area (Å²) < 4.78 is 0. The molecule has 14 heavy (non-hydrogen) atoms. The molecule has 0 saturated heterocycles.